The number of nitrogens with zero attached hydrogens (tertiary/aromatic N) is 2. The van der Waals surface area contributed by atoms with Gasteiger partial charge in [-0.2, -0.15) is 13.2 Å². The number of aryl methyl sites for hydroxylation is 2. The Labute approximate surface area is 147 Å². The number of halogens is 3. The molecule has 10 heteroatoms. The highest BCUT2D eigenvalue weighted by Crippen LogP contribution is 2.34. The van der Waals surface area contributed by atoms with Crippen LogP contribution >= 0.6 is 0 Å². The van der Waals surface area contributed by atoms with Crippen molar-refractivity contribution in [3.8, 4) is 5.69 Å². The van der Waals surface area contributed by atoms with Crippen LogP contribution < -0.4 is 4.72 Å². The molecule has 0 bridgehead atoms. The Bertz CT molecular complexity index is 1020. The van der Waals surface area contributed by atoms with E-state index in [1.807, 2.05) is 0 Å². The topological polar surface area (TPSA) is 77.1 Å². The van der Waals surface area contributed by atoms with Crippen LogP contribution in [0, 0.1) is 13.8 Å². The lowest BCUT2D eigenvalue weighted by atomic mass is 10.1. The van der Waals surface area contributed by atoms with Crippen LogP contribution in [0.5, 0.6) is 0 Å². The molecule has 3 aromatic rings. The molecule has 0 saturated carbocycles. The fourth-order valence-electron chi connectivity index (χ4n) is 2.57. The number of aromatic nitrogens is 2. The molecule has 0 aliphatic heterocycles. The molecule has 1 aromatic carbocycles. The molecule has 0 fully saturated rings. The third-order valence-corrected chi connectivity index (χ3v) is 5.30. The molecule has 0 aliphatic rings. The lowest BCUT2D eigenvalue weighted by Crippen LogP contribution is -2.17. The summed E-state index contributed by atoms with van der Waals surface area (Å²) in [6.45, 7) is 2.84. The summed E-state index contributed by atoms with van der Waals surface area (Å²) < 4.78 is 73.1. The highest BCUT2D eigenvalue weighted by molar-refractivity contribution is 7.92. The summed E-state index contributed by atoms with van der Waals surface area (Å²) in [7, 11) is -4.19. The van der Waals surface area contributed by atoms with Crippen molar-refractivity contribution < 1.29 is 26.1 Å². The predicted molar refractivity (Wildman–Crippen MR) is 87.6 cm³/mol. The van der Waals surface area contributed by atoms with E-state index in [-0.39, 0.29) is 27.7 Å². The van der Waals surface area contributed by atoms with Gasteiger partial charge in [0.2, 0.25) is 0 Å². The number of benzene rings is 1. The van der Waals surface area contributed by atoms with Gasteiger partial charge in [0.25, 0.3) is 10.0 Å². The first kappa shape index (κ1) is 18.1. The van der Waals surface area contributed by atoms with Gasteiger partial charge in [0, 0.05) is 12.4 Å². The maximum Gasteiger partial charge on any atom is 0.416 e. The number of hydrogen-bond donors (Lipinski definition) is 1. The number of rotatable bonds is 4. The van der Waals surface area contributed by atoms with Crippen LogP contribution in [0.1, 0.15) is 17.0 Å². The second-order valence-electron chi connectivity index (χ2n) is 5.58. The van der Waals surface area contributed by atoms with Crippen molar-refractivity contribution in [1.29, 1.82) is 0 Å². The number of hydrogen-bond acceptors (Lipinski definition) is 4. The van der Waals surface area contributed by atoms with E-state index in [9.17, 15) is 21.6 Å². The van der Waals surface area contributed by atoms with Crippen molar-refractivity contribution in [2.45, 2.75) is 24.9 Å². The number of sulfonamides is 1. The summed E-state index contributed by atoms with van der Waals surface area (Å²) in [6.07, 6.45) is -1.43. The molecule has 6 nitrogen and oxygen atoms in total. The third kappa shape index (κ3) is 3.32. The quantitative estimate of drug-likeness (QED) is 0.739. The molecule has 2 aromatic heterocycles. The van der Waals surface area contributed by atoms with E-state index in [2.05, 4.69) is 9.88 Å². The first-order valence-electron chi connectivity index (χ1n) is 7.40. The molecule has 0 radical (unpaired) electrons. The first-order chi connectivity index (χ1) is 12.1. The summed E-state index contributed by atoms with van der Waals surface area (Å²) >= 11 is 0. The van der Waals surface area contributed by atoms with E-state index in [4.69, 9.17) is 4.52 Å². The van der Waals surface area contributed by atoms with Gasteiger partial charge in [0.05, 0.1) is 16.9 Å². The van der Waals surface area contributed by atoms with Crippen molar-refractivity contribution >= 4 is 15.7 Å². The highest BCUT2D eigenvalue weighted by atomic mass is 32.2. The Morgan fingerprint density at radius 1 is 1.15 bits per heavy atom. The molecule has 0 spiro atoms. The molecule has 26 heavy (non-hydrogen) atoms. The van der Waals surface area contributed by atoms with Crippen molar-refractivity contribution in [2.24, 2.45) is 0 Å². The summed E-state index contributed by atoms with van der Waals surface area (Å²) in [5.41, 5.74) is -0.816. The summed E-state index contributed by atoms with van der Waals surface area (Å²) in [5, 5.41) is 3.57. The standard InChI is InChI=1S/C16H14F3N3O3S/c1-10-15(11(2)25-20-10)26(23,24)21-13-9-12(16(17,18)19)5-6-14(13)22-7-3-4-8-22/h3-9,21H,1-2H3. The summed E-state index contributed by atoms with van der Waals surface area (Å²) in [6, 6.07) is 6.19. The normalized spacial score (nSPS) is 12.3. The highest BCUT2D eigenvalue weighted by Gasteiger charge is 2.32. The molecule has 0 atom stereocenters. The zero-order valence-electron chi connectivity index (χ0n) is 13.7. The maximum atomic E-state index is 13.1. The van der Waals surface area contributed by atoms with Crippen LogP contribution in [-0.2, 0) is 16.2 Å². The zero-order chi connectivity index (χ0) is 19.1. The van der Waals surface area contributed by atoms with Crippen molar-refractivity contribution in [3.05, 3.63) is 59.7 Å². The van der Waals surface area contributed by atoms with E-state index >= 15 is 0 Å². The lowest BCUT2D eigenvalue weighted by Gasteiger charge is -2.16. The van der Waals surface area contributed by atoms with Crippen molar-refractivity contribution in [2.75, 3.05) is 4.72 Å². The van der Waals surface area contributed by atoms with Crippen LogP contribution in [0.4, 0.5) is 18.9 Å². The Hall–Kier alpha value is -2.75. The van der Waals surface area contributed by atoms with E-state index in [1.54, 1.807) is 24.5 Å². The lowest BCUT2D eigenvalue weighted by molar-refractivity contribution is -0.137. The molecule has 0 unspecified atom stereocenters. The third-order valence-electron chi connectivity index (χ3n) is 3.69. The van der Waals surface area contributed by atoms with Crippen LogP contribution in [0.15, 0.2) is 52.1 Å². The number of nitrogens with one attached hydrogen (secondary N) is 1. The minimum absolute atomic E-state index is 0.0458. The predicted octanol–water partition coefficient (Wildman–Crippen LogP) is 3.90. The second-order valence-corrected chi connectivity index (χ2v) is 7.20. The molecule has 3 rings (SSSR count). The Morgan fingerprint density at radius 2 is 1.81 bits per heavy atom. The van der Waals surface area contributed by atoms with E-state index in [0.717, 1.165) is 12.1 Å². The average Bonchev–Trinajstić information content (AvgIpc) is 3.16. The summed E-state index contributed by atoms with van der Waals surface area (Å²) in [4.78, 5) is -0.201. The zero-order valence-corrected chi connectivity index (χ0v) is 14.5. The summed E-state index contributed by atoms with van der Waals surface area (Å²) in [5.74, 6) is 0.0458. The van der Waals surface area contributed by atoms with Gasteiger partial charge in [-0.15, -0.1) is 0 Å². The van der Waals surface area contributed by atoms with Gasteiger partial charge in [-0.25, -0.2) is 8.42 Å². The molecule has 138 valence electrons. The van der Waals surface area contributed by atoms with E-state index < -0.39 is 21.8 Å². The average molecular weight is 385 g/mol. The van der Waals surface area contributed by atoms with Crippen molar-refractivity contribution in [3.63, 3.8) is 0 Å². The van der Waals surface area contributed by atoms with Crippen LogP contribution in [-0.4, -0.2) is 18.1 Å². The van der Waals surface area contributed by atoms with Gasteiger partial charge in [-0.1, -0.05) is 5.16 Å². The second kappa shape index (κ2) is 6.20. The van der Waals surface area contributed by atoms with Gasteiger partial charge in [0.15, 0.2) is 10.7 Å². The van der Waals surface area contributed by atoms with Crippen molar-refractivity contribution in [1.82, 2.24) is 9.72 Å². The van der Waals surface area contributed by atoms with E-state index in [0.29, 0.717) is 0 Å². The maximum absolute atomic E-state index is 13.1. The Kier molecular flexibility index (Phi) is 4.31. The monoisotopic (exact) mass is 385 g/mol. The number of anilines is 1. The molecular weight excluding hydrogens is 371 g/mol. The fourth-order valence-corrected chi connectivity index (χ4v) is 3.97. The fraction of sp³-hybridized carbons (Fsp3) is 0.188. The van der Waals surface area contributed by atoms with Crippen LogP contribution in [0.2, 0.25) is 0 Å². The molecular formula is C16H14F3N3O3S. The smallest absolute Gasteiger partial charge is 0.360 e. The van der Waals surface area contributed by atoms with Gasteiger partial charge < -0.3 is 9.09 Å². The molecule has 1 N–H and O–H groups in total. The minimum Gasteiger partial charge on any atom is -0.360 e. The van der Waals surface area contributed by atoms with Gasteiger partial charge >= 0.3 is 6.18 Å². The van der Waals surface area contributed by atoms with Crippen LogP contribution in [0.3, 0.4) is 0 Å². The minimum atomic E-state index is -4.61. The van der Waals surface area contributed by atoms with Gasteiger partial charge in [0.1, 0.15) is 5.69 Å². The number of alkyl halides is 3. The molecule has 0 aliphatic carbocycles. The molecule has 2 heterocycles. The molecule has 0 saturated heterocycles. The molecule has 0 amide bonds. The van der Waals surface area contributed by atoms with Crippen LogP contribution in [0.25, 0.3) is 5.69 Å². The SMILES string of the molecule is Cc1noc(C)c1S(=O)(=O)Nc1cc(C(F)(F)F)ccc1-n1cccc1. The Morgan fingerprint density at radius 3 is 2.35 bits per heavy atom. The van der Waals surface area contributed by atoms with Gasteiger partial charge in [-0.3, -0.25) is 4.72 Å². The Balaban J connectivity index is 2.13. The largest absolute Gasteiger partial charge is 0.416 e. The van der Waals surface area contributed by atoms with Gasteiger partial charge in [-0.05, 0) is 44.2 Å². The van der Waals surface area contributed by atoms with E-state index in [1.165, 1.54) is 24.5 Å². The first-order valence-corrected chi connectivity index (χ1v) is 8.88.